The molecule has 0 aromatic heterocycles. The average Bonchev–Trinajstić information content (AvgIpc) is 2.88. The van der Waals surface area contributed by atoms with Gasteiger partial charge in [-0.2, -0.15) is 0 Å². The van der Waals surface area contributed by atoms with Gasteiger partial charge in [0.2, 0.25) is 0 Å². The second kappa shape index (κ2) is 14.9. The summed E-state index contributed by atoms with van der Waals surface area (Å²) >= 11 is 0. The molecule has 0 saturated carbocycles. The fraction of sp³-hybridized carbons (Fsp3) is 0.533. The van der Waals surface area contributed by atoms with Crippen molar-refractivity contribution in [3.05, 3.63) is 53.1 Å². The van der Waals surface area contributed by atoms with Gasteiger partial charge in [0.25, 0.3) is 5.91 Å². The van der Waals surface area contributed by atoms with Gasteiger partial charge in [0.1, 0.15) is 17.6 Å². The summed E-state index contributed by atoms with van der Waals surface area (Å²) in [7, 11) is 4.73. The maximum absolute atomic E-state index is 12.9. The van der Waals surface area contributed by atoms with Gasteiger partial charge in [-0.3, -0.25) is 4.79 Å². The number of phenols is 2. The maximum atomic E-state index is 12.9. The molecule has 5 N–H and O–H groups in total. The molecule has 1 aromatic rings. The van der Waals surface area contributed by atoms with E-state index in [0.29, 0.717) is 17.6 Å². The van der Waals surface area contributed by atoms with Crippen LogP contribution in [0.25, 0.3) is 0 Å². The van der Waals surface area contributed by atoms with Crippen LogP contribution in [0.2, 0.25) is 0 Å². The molecule has 1 aliphatic rings. The average molecular weight is 561 g/mol. The molecule has 1 aromatic carbocycles. The van der Waals surface area contributed by atoms with Gasteiger partial charge in [0, 0.05) is 50.4 Å². The Hall–Kier alpha value is -3.34. The van der Waals surface area contributed by atoms with Gasteiger partial charge >= 0.3 is 6.09 Å². The maximum Gasteiger partial charge on any atom is 0.405 e. The molecule has 7 atom stereocenters. The molecule has 1 heterocycles. The minimum atomic E-state index is -0.891. The first-order valence-corrected chi connectivity index (χ1v) is 13.3. The van der Waals surface area contributed by atoms with E-state index in [1.807, 2.05) is 33.8 Å². The molecule has 2 bridgehead atoms. The first-order chi connectivity index (χ1) is 18.8. The lowest BCUT2D eigenvalue weighted by atomic mass is 9.86. The fourth-order valence-corrected chi connectivity index (χ4v) is 5.30. The van der Waals surface area contributed by atoms with Crippen molar-refractivity contribution in [1.82, 2.24) is 0 Å². The molecule has 222 valence electrons. The normalized spacial score (nSPS) is 28.8. The molecular weight excluding hydrogens is 516 g/mol. The van der Waals surface area contributed by atoms with E-state index in [0.717, 1.165) is 5.57 Å². The molecular formula is C30H44N2O8. The minimum absolute atomic E-state index is 0.0543. The first-order valence-electron chi connectivity index (χ1n) is 13.3. The monoisotopic (exact) mass is 560 g/mol. The Bertz CT molecular complexity index is 1130. The number of carbonyl (C=O) groups excluding carboxylic acids is 2. The number of carbonyl (C=O) groups is 2. The van der Waals surface area contributed by atoms with Crippen LogP contribution in [0.5, 0.6) is 11.5 Å². The fourth-order valence-electron chi connectivity index (χ4n) is 5.30. The van der Waals surface area contributed by atoms with Crippen molar-refractivity contribution < 1.29 is 38.7 Å². The van der Waals surface area contributed by atoms with E-state index >= 15 is 0 Å². The minimum Gasteiger partial charge on any atom is -0.508 e. The Morgan fingerprint density at radius 1 is 1.00 bits per heavy atom. The number of benzene rings is 1. The highest BCUT2D eigenvalue weighted by atomic mass is 16.6. The molecule has 0 fully saturated rings. The van der Waals surface area contributed by atoms with E-state index in [1.54, 1.807) is 39.4 Å². The number of methoxy groups -OCH3 is 3. The molecule has 0 saturated heterocycles. The zero-order chi connectivity index (χ0) is 30.1. The third-order valence-electron chi connectivity index (χ3n) is 7.33. The smallest absolute Gasteiger partial charge is 0.405 e. The van der Waals surface area contributed by atoms with Gasteiger partial charge in [-0.05, 0) is 37.8 Å². The predicted molar refractivity (Wildman–Crippen MR) is 153 cm³/mol. The number of rotatable bonds is 4. The van der Waals surface area contributed by atoms with Crippen LogP contribution < -0.4 is 11.1 Å². The first kappa shape index (κ1) is 32.9. The number of ether oxygens (including phenoxy) is 4. The summed E-state index contributed by atoms with van der Waals surface area (Å²) < 4.78 is 23.0. The Kier molecular flexibility index (Phi) is 12.2. The zero-order valence-electron chi connectivity index (χ0n) is 24.6. The highest BCUT2D eigenvalue weighted by molar-refractivity contribution is 6.04. The number of anilines is 1. The molecule has 2 amide bonds. The van der Waals surface area contributed by atoms with Crippen LogP contribution in [-0.4, -0.2) is 61.9 Å². The second-order valence-corrected chi connectivity index (χ2v) is 10.5. The van der Waals surface area contributed by atoms with Crippen molar-refractivity contribution in [2.24, 2.45) is 23.5 Å². The number of fused-ring (bicyclic) bond motifs is 2. The molecule has 0 unspecified atom stereocenters. The van der Waals surface area contributed by atoms with E-state index in [4.69, 9.17) is 24.7 Å². The molecule has 2 rings (SSSR count). The number of amides is 2. The van der Waals surface area contributed by atoms with Crippen LogP contribution in [-0.2, 0) is 23.7 Å². The van der Waals surface area contributed by atoms with Gasteiger partial charge in [0.05, 0.1) is 24.0 Å². The lowest BCUT2D eigenvalue weighted by Crippen LogP contribution is -2.37. The molecule has 0 spiro atoms. The van der Waals surface area contributed by atoms with Gasteiger partial charge in [-0.25, -0.2) is 4.79 Å². The Morgan fingerprint density at radius 2 is 1.68 bits per heavy atom. The number of hydrogen-bond donors (Lipinski definition) is 4. The molecule has 0 aliphatic carbocycles. The van der Waals surface area contributed by atoms with Crippen LogP contribution in [0.4, 0.5) is 10.5 Å². The van der Waals surface area contributed by atoms with Gasteiger partial charge in [-0.1, -0.05) is 45.1 Å². The van der Waals surface area contributed by atoms with Crippen molar-refractivity contribution in [2.75, 3.05) is 26.6 Å². The number of allylic oxidation sites excluding steroid dienone is 2. The summed E-state index contributed by atoms with van der Waals surface area (Å²) in [5.41, 5.74) is 6.91. The lowest BCUT2D eigenvalue weighted by molar-refractivity contribution is -0.112. The van der Waals surface area contributed by atoms with Crippen LogP contribution in [0, 0.1) is 17.8 Å². The summed E-state index contributed by atoms with van der Waals surface area (Å²) in [6.45, 7) is 9.30. The number of phenolic OH excluding ortho intramolecular Hbond substituents is 2. The molecule has 10 nitrogen and oxygen atoms in total. The molecule has 40 heavy (non-hydrogen) atoms. The van der Waals surface area contributed by atoms with Gasteiger partial charge in [-0.15, -0.1) is 0 Å². The summed E-state index contributed by atoms with van der Waals surface area (Å²) in [5, 5.41) is 24.2. The van der Waals surface area contributed by atoms with E-state index in [2.05, 4.69) is 5.32 Å². The van der Waals surface area contributed by atoms with E-state index in [-0.39, 0.29) is 47.1 Å². The number of nitrogens with one attached hydrogen (secondary N) is 1. The third-order valence-corrected chi connectivity index (χ3v) is 7.33. The van der Waals surface area contributed by atoms with Crippen molar-refractivity contribution in [2.45, 2.75) is 65.5 Å². The summed E-state index contributed by atoms with van der Waals surface area (Å²) in [6.07, 6.45) is 4.64. The molecule has 1 aliphatic heterocycles. The van der Waals surface area contributed by atoms with E-state index < -0.39 is 24.2 Å². The summed E-state index contributed by atoms with van der Waals surface area (Å²) in [6, 6.07) is 2.71. The van der Waals surface area contributed by atoms with Gasteiger partial charge < -0.3 is 40.2 Å². The summed E-state index contributed by atoms with van der Waals surface area (Å²) in [4.78, 5) is 24.6. The van der Waals surface area contributed by atoms with Crippen molar-refractivity contribution >= 4 is 17.7 Å². The Balaban J connectivity index is 2.67. The van der Waals surface area contributed by atoms with Crippen LogP contribution in [0.1, 0.15) is 52.7 Å². The largest absolute Gasteiger partial charge is 0.508 e. The summed E-state index contributed by atoms with van der Waals surface area (Å²) in [5.74, 6) is -1.43. The molecule has 10 heteroatoms. The quantitative estimate of drug-likeness (QED) is 0.229. The standard InChI is InChI=1S/C30H44N2O8/c1-16-10-9-11-17(2)29(35)32-23-15-21(33)14-22(25(23)34)27(38-7)20(5)13-24(37-6)28(39-8)19(4)12-18(3)26(16)40-30(31)36/h9-12,14-16,19-20,24,26-28,33-34H,13H2,1-8H3,(H2,31,36)(H,32,35)/t16-,19+,20-,24+,26-,27-,28+/m1/s1. The second-order valence-electron chi connectivity index (χ2n) is 10.5. The highest BCUT2D eigenvalue weighted by Gasteiger charge is 2.33. The lowest BCUT2D eigenvalue weighted by Gasteiger charge is -2.33. The topological polar surface area (TPSA) is 150 Å². The van der Waals surface area contributed by atoms with Gasteiger partial charge in [0.15, 0.2) is 0 Å². The predicted octanol–water partition coefficient (Wildman–Crippen LogP) is 4.98. The molecule has 0 radical (unpaired) electrons. The Labute approximate surface area is 236 Å². The van der Waals surface area contributed by atoms with Crippen molar-refractivity contribution in [3.63, 3.8) is 0 Å². The van der Waals surface area contributed by atoms with Crippen molar-refractivity contribution in [3.8, 4) is 11.5 Å². The number of nitrogens with two attached hydrogens (primary N) is 1. The van der Waals surface area contributed by atoms with E-state index in [9.17, 15) is 19.8 Å². The van der Waals surface area contributed by atoms with Crippen LogP contribution in [0.3, 0.4) is 0 Å². The van der Waals surface area contributed by atoms with E-state index in [1.165, 1.54) is 19.2 Å². The Morgan fingerprint density at radius 3 is 2.25 bits per heavy atom. The number of aromatic hydroxyl groups is 2. The SMILES string of the molecule is CO[C@@H]1[C@@H](OC)C[C@@H](C)[C@@H](OC)c2cc(O)cc(c2O)NC(=O)C(C)=CC=C[C@@H](C)[C@@H](OC(N)=O)C(C)=C[C@@H]1C. The number of hydrogen-bond acceptors (Lipinski definition) is 8. The van der Waals surface area contributed by atoms with Crippen LogP contribution in [0.15, 0.2) is 47.6 Å². The van der Waals surface area contributed by atoms with Crippen molar-refractivity contribution in [1.29, 1.82) is 0 Å². The van der Waals surface area contributed by atoms with Crippen LogP contribution >= 0.6 is 0 Å². The highest BCUT2D eigenvalue weighted by Crippen LogP contribution is 2.42. The third kappa shape index (κ3) is 8.33. The zero-order valence-corrected chi connectivity index (χ0v) is 24.6. The number of primary amides is 1.